The fourth-order valence-electron chi connectivity index (χ4n) is 4.66. The van der Waals surface area contributed by atoms with Gasteiger partial charge in [-0.2, -0.15) is 0 Å². The van der Waals surface area contributed by atoms with Crippen molar-refractivity contribution in [1.82, 2.24) is 5.32 Å². The predicted molar refractivity (Wildman–Crippen MR) is 185 cm³/mol. The van der Waals surface area contributed by atoms with E-state index in [4.69, 9.17) is 14.9 Å². The van der Waals surface area contributed by atoms with Crippen molar-refractivity contribution in [2.45, 2.75) is 181 Å². The molecule has 0 heterocycles. The van der Waals surface area contributed by atoms with Crippen LogP contribution in [-0.4, -0.2) is 59.7 Å². The van der Waals surface area contributed by atoms with Crippen LogP contribution in [0.3, 0.4) is 0 Å². The van der Waals surface area contributed by atoms with Crippen LogP contribution in [0.25, 0.3) is 0 Å². The molecule has 0 radical (unpaired) electrons. The SMILES string of the molecule is CC(C)(CO)C(O)C(=O)NCCCO.CCCCCCCC/C=C\CCCCCCCC(=O)OCCCCCCCCCC. The van der Waals surface area contributed by atoms with Crippen molar-refractivity contribution in [3.05, 3.63) is 12.2 Å². The number of unbranched alkanes of at least 4 members (excludes halogenated alkanes) is 18. The number of allylic oxidation sites excluding steroid dienone is 2. The second kappa shape index (κ2) is 34.4. The third kappa shape index (κ3) is 32.0. The van der Waals surface area contributed by atoms with Crippen molar-refractivity contribution < 1.29 is 29.6 Å². The number of carbonyl (C=O) groups excluding carboxylic acids is 2. The van der Waals surface area contributed by atoms with Crippen LogP contribution in [0.1, 0.15) is 175 Å². The predicted octanol–water partition coefficient (Wildman–Crippen LogP) is 8.57. The molecule has 1 atom stereocenters. The number of hydrogen-bond acceptors (Lipinski definition) is 6. The van der Waals surface area contributed by atoms with Crippen molar-refractivity contribution in [2.24, 2.45) is 5.41 Å². The summed E-state index contributed by atoms with van der Waals surface area (Å²) in [5.74, 6) is -0.506. The number of aliphatic hydroxyl groups excluding tert-OH is 3. The van der Waals surface area contributed by atoms with Crippen LogP contribution in [0.15, 0.2) is 12.2 Å². The summed E-state index contributed by atoms with van der Waals surface area (Å²) in [6, 6.07) is 0. The van der Waals surface area contributed by atoms with E-state index in [1.165, 1.54) is 116 Å². The van der Waals surface area contributed by atoms with Gasteiger partial charge in [-0.15, -0.1) is 0 Å². The number of rotatable bonds is 30. The van der Waals surface area contributed by atoms with Crippen molar-refractivity contribution >= 4 is 11.9 Å². The van der Waals surface area contributed by atoms with E-state index in [9.17, 15) is 14.7 Å². The Morgan fingerprint density at radius 1 is 0.682 bits per heavy atom. The Morgan fingerprint density at radius 3 is 1.61 bits per heavy atom. The number of hydrogen-bond donors (Lipinski definition) is 4. The first-order valence-corrected chi connectivity index (χ1v) is 18.2. The fourth-order valence-corrected chi connectivity index (χ4v) is 4.66. The van der Waals surface area contributed by atoms with Gasteiger partial charge in [-0.25, -0.2) is 0 Å². The molecule has 7 nitrogen and oxygen atoms in total. The van der Waals surface area contributed by atoms with Gasteiger partial charge in [0.1, 0.15) is 6.10 Å². The van der Waals surface area contributed by atoms with Crippen LogP contribution in [0.5, 0.6) is 0 Å². The molecule has 1 unspecified atom stereocenters. The summed E-state index contributed by atoms with van der Waals surface area (Å²) >= 11 is 0. The minimum absolute atomic E-state index is 0.000230. The Bertz CT molecular complexity index is 652. The molecule has 0 aromatic rings. The number of esters is 1. The zero-order valence-electron chi connectivity index (χ0n) is 29.4. The third-order valence-electron chi connectivity index (χ3n) is 7.93. The Balaban J connectivity index is 0. The molecule has 1 amide bonds. The second-order valence-electron chi connectivity index (χ2n) is 12.9. The average molecular weight is 628 g/mol. The molecule has 4 N–H and O–H groups in total. The number of carbonyl (C=O) groups is 2. The lowest BCUT2D eigenvalue weighted by molar-refractivity contribution is -0.144. The summed E-state index contributed by atoms with van der Waals surface area (Å²) in [5, 5.41) is 29.3. The number of amides is 1. The molecule has 0 saturated heterocycles. The highest BCUT2D eigenvalue weighted by Gasteiger charge is 2.32. The van der Waals surface area contributed by atoms with Gasteiger partial charge in [0.15, 0.2) is 0 Å². The minimum atomic E-state index is -1.23. The molecule has 0 rings (SSSR count). The quantitative estimate of drug-likeness (QED) is 0.0360. The lowest BCUT2D eigenvalue weighted by atomic mass is 9.87. The maximum absolute atomic E-state index is 11.8. The Kier molecular flexibility index (Phi) is 35.0. The molecule has 0 saturated carbocycles. The maximum atomic E-state index is 11.8. The fraction of sp³-hybridized carbons (Fsp3) is 0.892. The average Bonchev–Trinajstić information content (AvgIpc) is 3.02. The molecule has 0 aliphatic carbocycles. The monoisotopic (exact) mass is 628 g/mol. The highest BCUT2D eigenvalue weighted by Crippen LogP contribution is 2.19. The van der Waals surface area contributed by atoms with E-state index in [1.807, 2.05) is 0 Å². The van der Waals surface area contributed by atoms with Crippen LogP contribution in [-0.2, 0) is 14.3 Å². The van der Waals surface area contributed by atoms with Crippen LogP contribution in [0.4, 0.5) is 0 Å². The number of nitrogens with one attached hydrogen (secondary N) is 1. The normalized spacial score (nSPS) is 12.2. The molecular weight excluding hydrogens is 554 g/mol. The molecule has 0 aliphatic heterocycles. The van der Waals surface area contributed by atoms with E-state index < -0.39 is 17.4 Å². The molecule has 44 heavy (non-hydrogen) atoms. The van der Waals surface area contributed by atoms with Crippen LogP contribution < -0.4 is 5.32 Å². The van der Waals surface area contributed by atoms with E-state index in [0.717, 1.165) is 19.3 Å². The molecule has 0 aliphatic rings. The first kappa shape index (κ1) is 44.7. The lowest BCUT2D eigenvalue weighted by Gasteiger charge is -2.27. The van der Waals surface area contributed by atoms with Gasteiger partial charge >= 0.3 is 5.97 Å². The summed E-state index contributed by atoms with van der Waals surface area (Å²) in [4.78, 5) is 23.0. The van der Waals surface area contributed by atoms with Crippen LogP contribution in [0.2, 0.25) is 0 Å². The molecule has 7 heteroatoms. The van der Waals surface area contributed by atoms with Gasteiger partial charge < -0.3 is 25.4 Å². The van der Waals surface area contributed by atoms with Crippen molar-refractivity contribution in [3.63, 3.8) is 0 Å². The summed E-state index contributed by atoms with van der Waals surface area (Å²) in [5.41, 5.74) is -0.844. The molecular formula is C37H73NO6. The van der Waals surface area contributed by atoms with E-state index in [2.05, 4.69) is 31.3 Å². The minimum Gasteiger partial charge on any atom is -0.466 e. The van der Waals surface area contributed by atoms with Crippen molar-refractivity contribution in [3.8, 4) is 0 Å². The van der Waals surface area contributed by atoms with Gasteiger partial charge in [-0.1, -0.05) is 136 Å². The highest BCUT2D eigenvalue weighted by molar-refractivity contribution is 5.81. The molecule has 0 fully saturated rings. The van der Waals surface area contributed by atoms with Gasteiger partial charge in [0.2, 0.25) is 5.91 Å². The van der Waals surface area contributed by atoms with Crippen LogP contribution >= 0.6 is 0 Å². The summed E-state index contributed by atoms with van der Waals surface area (Å²) in [7, 11) is 0. The first-order chi connectivity index (χ1) is 21.3. The lowest BCUT2D eigenvalue weighted by Crippen LogP contribution is -2.45. The summed E-state index contributed by atoms with van der Waals surface area (Å²) < 4.78 is 5.36. The smallest absolute Gasteiger partial charge is 0.305 e. The Morgan fingerprint density at radius 2 is 1.14 bits per heavy atom. The van der Waals surface area contributed by atoms with Gasteiger partial charge in [0.25, 0.3) is 0 Å². The van der Waals surface area contributed by atoms with Gasteiger partial charge in [0.05, 0.1) is 13.2 Å². The zero-order chi connectivity index (χ0) is 33.2. The molecule has 0 aromatic heterocycles. The number of aliphatic hydroxyl groups is 3. The molecule has 262 valence electrons. The third-order valence-corrected chi connectivity index (χ3v) is 7.93. The maximum Gasteiger partial charge on any atom is 0.305 e. The van der Waals surface area contributed by atoms with Crippen molar-refractivity contribution in [1.29, 1.82) is 0 Å². The molecule has 0 bridgehead atoms. The Labute approximate surface area is 272 Å². The van der Waals surface area contributed by atoms with Gasteiger partial charge in [-0.3, -0.25) is 9.59 Å². The molecule has 0 aromatic carbocycles. The van der Waals surface area contributed by atoms with Gasteiger partial charge in [-0.05, 0) is 44.9 Å². The molecule has 0 spiro atoms. The van der Waals surface area contributed by atoms with Gasteiger partial charge in [0, 0.05) is 25.0 Å². The summed E-state index contributed by atoms with van der Waals surface area (Å²) in [6.45, 7) is 8.42. The topological polar surface area (TPSA) is 116 Å². The van der Waals surface area contributed by atoms with E-state index in [-0.39, 0.29) is 19.2 Å². The number of ether oxygens (including phenoxy) is 1. The van der Waals surface area contributed by atoms with E-state index >= 15 is 0 Å². The largest absolute Gasteiger partial charge is 0.466 e. The zero-order valence-corrected chi connectivity index (χ0v) is 29.4. The standard InChI is InChI=1S/C28H54O2.C9H19NO4/c1-3-5-7-9-11-13-14-15-16-17-18-19-20-22-24-26-28(29)30-27-25-23-21-12-10-8-6-4-2;1-9(2,6-12)7(13)8(14)10-4-3-5-11/h15-16H,3-14,17-27H2,1-2H3;7,11-13H,3-6H2,1-2H3,(H,10,14)/b16-15-;. The Hall–Kier alpha value is -1.44. The van der Waals surface area contributed by atoms with Crippen molar-refractivity contribution in [2.75, 3.05) is 26.4 Å². The van der Waals surface area contributed by atoms with E-state index in [1.54, 1.807) is 13.8 Å². The summed E-state index contributed by atoms with van der Waals surface area (Å²) in [6.07, 6.45) is 31.6. The second-order valence-corrected chi connectivity index (χ2v) is 12.9. The van der Waals surface area contributed by atoms with E-state index in [0.29, 0.717) is 26.0 Å². The highest BCUT2D eigenvalue weighted by atomic mass is 16.5. The van der Waals surface area contributed by atoms with Crippen LogP contribution in [0, 0.1) is 5.41 Å². The first-order valence-electron chi connectivity index (χ1n) is 18.2.